The van der Waals surface area contributed by atoms with E-state index < -0.39 is 0 Å². The maximum atomic E-state index is 12.5. The lowest BCUT2D eigenvalue weighted by Gasteiger charge is -2.30. The fourth-order valence-electron chi connectivity index (χ4n) is 3.70. The van der Waals surface area contributed by atoms with E-state index in [0.29, 0.717) is 12.4 Å². The van der Waals surface area contributed by atoms with Crippen molar-refractivity contribution in [3.05, 3.63) is 84.4 Å². The SMILES string of the molecule is O=C(COc1ccc(OCc2ccccc2)cc1)Nc1ccccc1N1CCCCC1. The van der Waals surface area contributed by atoms with E-state index in [1.54, 1.807) is 0 Å². The molecule has 0 bridgehead atoms. The highest BCUT2D eigenvalue weighted by Gasteiger charge is 2.15. The van der Waals surface area contributed by atoms with Crippen molar-refractivity contribution in [3.63, 3.8) is 0 Å². The minimum absolute atomic E-state index is 0.0431. The van der Waals surface area contributed by atoms with E-state index >= 15 is 0 Å². The molecule has 1 amide bonds. The minimum Gasteiger partial charge on any atom is -0.489 e. The summed E-state index contributed by atoms with van der Waals surface area (Å²) in [6, 6.07) is 25.3. The Balaban J connectivity index is 1.27. The number of ether oxygens (including phenoxy) is 2. The summed E-state index contributed by atoms with van der Waals surface area (Å²) < 4.78 is 11.4. The van der Waals surface area contributed by atoms with Gasteiger partial charge in [-0.15, -0.1) is 0 Å². The van der Waals surface area contributed by atoms with Crippen LogP contribution in [0.4, 0.5) is 11.4 Å². The first-order chi connectivity index (χ1) is 15.3. The molecule has 1 fully saturated rings. The van der Waals surface area contributed by atoms with E-state index in [4.69, 9.17) is 9.47 Å². The second-order valence-electron chi connectivity index (χ2n) is 7.65. The minimum atomic E-state index is -0.172. The van der Waals surface area contributed by atoms with Gasteiger partial charge in [0.2, 0.25) is 0 Å². The molecule has 5 heteroatoms. The first-order valence-corrected chi connectivity index (χ1v) is 10.8. The second kappa shape index (κ2) is 10.5. The summed E-state index contributed by atoms with van der Waals surface area (Å²) in [5.74, 6) is 1.22. The molecule has 4 rings (SSSR count). The fourth-order valence-corrected chi connectivity index (χ4v) is 3.70. The number of anilines is 2. The summed E-state index contributed by atoms with van der Waals surface area (Å²) in [6.45, 7) is 2.53. The summed E-state index contributed by atoms with van der Waals surface area (Å²) in [7, 11) is 0. The Morgan fingerprint density at radius 1 is 0.774 bits per heavy atom. The van der Waals surface area contributed by atoms with Gasteiger partial charge < -0.3 is 19.7 Å². The predicted molar refractivity (Wildman–Crippen MR) is 124 cm³/mol. The number of para-hydroxylation sites is 2. The highest BCUT2D eigenvalue weighted by molar-refractivity contribution is 5.95. The molecule has 0 atom stereocenters. The van der Waals surface area contributed by atoms with Crippen LogP contribution in [0.5, 0.6) is 11.5 Å². The van der Waals surface area contributed by atoms with E-state index in [9.17, 15) is 4.79 Å². The maximum absolute atomic E-state index is 12.5. The molecule has 3 aromatic carbocycles. The molecule has 0 aliphatic carbocycles. The van der Waals surface area contributed by atoms with Crippen molar-refractivity contribution in [2.75, 3.05) is 29.9 Å². The summed E-state index contributed by atoms with van der Waals surface area (Å²) in [4.78, 5) is 14.8. The Morgan fingerprint density at radius 2 is 1.42 bits per heavy atom. The molecule has 1 aliphatic heterocycles. The van der Waals surface area contributed by atoms with Gasteiger partial charge in [0.05, 0.1) is 11.4 Å². The van der Waals surface area contributed by atoms with Gasteiger partial charge >= 0.3 is 0 Å². The van der Waals surface area contributed by atoms with Crippen LogP contribution in [0.3, 0.4) is 0 Å². The van der Waals surface area contributed by atoms with Crippen molar-refractivity contribution in [1.82, 2.24) is 0 Å². The Hall–Kier alpha value is -3.47. The van der Waals surface area contributed by atoms with Gasteiger partial charge in [-0.25, -0.2) is 0 Å². The van der Waals surface area contributed by atoms with Crippen LogP contribution in [0.15, 0.2) is 78.9 Å². The zero-order valence-electron chi connectivity index (χ0n) is 17.6. The number of nitrogens with zero attached hydrogens (tertiary/aromatic N) is 1. The van der Waals surface area contributed by atoms with Crippen LogP contribution in [-0.4, -0.2) is 25.6 Å². The van der Waals surface area contributed by atoms with E-state index in [1.165, 1.54) is 19.3 Å². The smallest absolute Gasteiger partial charge is 0.262 e. The fraction of sp³-hybridized carbons (Fsp3) is 0.269. The lowest BCUT2D eigenvalue weighted by molar-refractivity contribution is -0.118. The number of hydrogen-bond acceptors (Lipinski definition) is 4. The molecule has 0 unspecified atom stereocenters. The van der Waals surface area contributed by atoms with Crippen LogP contribution < -0.4 is 19.7 Å². The van der Waals surface area contributed by atoms with Gasteiger partial charge in [0.15, 0.2) is 6.61 Å². The molecule has 1 aliphatic rings. The molecule has 5 nitrogen and oxygen atoms in total. The molecule has 1 heterocycles. The Bertz CT molecular complexity index is 967. The van der Waals surface area contributed by atoms with Crippen LogP contribution >= 0.6 is 0 Å². The first-order valence-electron chi connectivity index (χ1n) is 10.8. The normalized spacial score (nSPS) is 13.5. The molecule has 3 aromatic rings. The highest BCUT2D eigenvalue weighted by atomic mass is 16.5. The van der Waals surface area contributed by atoms with Crippen molar-refractivity contribution in [2.45, 2.75) is 25.9 Å². The number of rotatable bonds is 8. The van der Waals surface area contributed by atoms with E-state index in [2.05, 4.69) is 16.3 Å². The topological polar surface area (TPSA) is 50.8 Å². The molecule has 1 N–H and O–H groups in total. The van der Waals surface area contributed by atoms with Gasteiger partial charge in [0.25, 0.3) is 5.91 Å². The zero-order chi connectivity index (χ0) is 21.3. The van der Waals surface area contributed by atoms with Gasteiger partial charge in [-0.1, -0.05) is 42.5 Å². The van der Waals surface area contributed by atoms with Crippen LogP contribution in [0.1, 0.15) is 24.8 Å². The number of benzene rings is 3. The second-order valence-corrected chi connectivity index (χ2v) is 7.65. The summed E-state index contributed by atoms with van der Waals surface area (Å²) in [5.41, 5.74) is 3.03. The molecule has 31 heavy (non-hydrogen) atoms. The van der Waals surface area contributed by atoms with Crippen molar-refractivity contribution in [3.8, 4) is 11.5 Å². The number of carbonyl (C=O) groups excluding carboxylic acids is 1. The van der Waals surface area contributed by atoms with Gasteiger partial charge in [-0.2, -0.15) is 0 Å². The molecular weight excluding hydrogens is 388 g/mol. The molecule has 0 saturated carbocycles. The van der Waals surface area contributed by atoms with Gasteiger partial charge in [-0.3, -0.25) is 4.79 Å². The lowest BCUT2D eigenvalue weighted by Crippen LogP contribution is -2.30. The van der Waals surface area contributed by atoms with Crippen LogP contribution in [-0.2, 0) is 11.4 Å². The van der Waals surface area contributed by atoms with Crippen LogP contribution in [0.25, 0.3) is 0 Å². The third kappa shape index (κ3) is 6.01. The average molecular weight is 417 g/mol. The van der Waals surface area contributed by atoms with Crippen molar-refractivity contribution in [2.24, 2.45) is 0 Å². The number of carbonyl (C=O) groups is 1. The Kier molecular flexibility index (Phi) is 7.06. The number of hydrogen-bond donors (Lipinski definition) is 1. The lowest BCUT2D eigenvalue weighted by atomic mass is 10.1. The zero-order valence-corrected chi connectivity index (χ0v) is 17.6. The Labute approximate surface area is 183 Å². The van der Waals surface area contributed by atoms with Crippen LogP contribution in [0.2, 0.25) is 0 Å². The van der Waals surface area contributed by atoms with Gasteiger partial charge in [0.1, 0.15) is 18.1 Å². The molecule has 0 aromatic heterocycles. The van der Waals surface area contributed by atoms with E-state index in [-0.39, 0.29) is 12.5 Å². The third-order valence-corrected chi connectivity index (χ3v) is 5.32. The maximum Gasteiger partial charge on any atom is 0.262 e. The van der Waals surface area contributed by atoms with Gasteiger partial charge in [0, 0.05) is 13.1 Å². The molecule has 0 spiro atoms. The largest absolute Gasteiger partial charge is 0.489 e. The van der Waals surface area contributed by atoms with Crippen molar-refractivity contribution in [1.29, 1.82) is 0 Å². The molecule has 160 valence electrons. The number of piperidine rings is 1. The first kappa shape index (κ1) is 20.8. The quantitative estimate of drug-likeness (QED) is 0.543. The number of nitrogens with one attached hydrogen (secondary N) is 1. The predicted octanol–water partition coefficient (Wildman–Crippen LogP) is 5.27. The summed E-state index contributed by atoms with van der Waals surface area (Å²) in [6.07, 6.45) is 3.65. The standard InChI is InChI=1S/C26H28N2O3/c29-26(27-24-11-5-6-12-25(24)28-17-7-2-8-18-28)20-31-23-15-13-22(14-16-23)30-19-21-9-3-1-4-10-21/h1,3-6,9-16H,2,7-8,17-20H2,(H,27,29). The summed E-state index contributed by atoms with van der Waals surface area (Å²) >= 11 is 0. The van der Waals surface area contributed by atoms with Crippen molar-refractivity contribution >= 4 is 17.3 Å². The molecular formula is C26H28N2O3. The van der Waals surface area contributed by atoms with Gasteiger partial charge in [-0.05, 0) is 61.2 Å². The van der Waals surface area contributed by atoms with E-state index in [1.807, 2.05) is 72.8 Å². The molecule has 1 saturated heterocycles. The average Bonchev–Trinajstić information content (AvgIpc) is 2.84. The van der Waals surface area contributed by atoms with Crippen molar-refractivity contribution < 1.29 is 14.3 Å². The number of amides is 1. The highest BCUT2D eigenvalue weighted by Crippen LogP contribution is 2.28. The third-order valence-electron chi connectivity index (χ3n) is 5.32. The monoisotopic (exact) mass is 416 g/mol. The van der Waals surface area contributed by atoms with E-state index in [0.717, 1.165) is 35.8 Å². The summed E-state index contributed by atoms with van der Waals surface area (Å²) in [5, 5.41) is 3.00. The molecule has 0 radical (unpaired) electrons. The van der Waals surface area contributed by atoms with Crippen LogP contribution in [0, 0.1) is 0 Å². The Morgan fingerprint density at radius 3 is 2.16 bits per heavy atom.